The van der Waals surface area contributed by atoms with Crippen molar-refractivity contribution in [3.8, 4) is 0 Å². The maximum absolute atomic E-state index is 13.1. The number of nitrogens with one attached hydrogen (secondary N) is 2. The second-order valence-corrected chi connectivity index (χ2v) is 12.5. The first-order valence-corrected chi connectivity index (χ1v) is 13.7. The van der Waals surface area contributed by atoms with Crippen LogP contribution in [0, 0.1) is 11.8 Å². The van der Waals surface area contributed by atoms with Gasteiger partial charge in [0.25, 0.3) is 11.8 Å². The Hall–Kier alpha value is -2.76. The monoisotopic (exact) mass is 493 g/mol. The largest absolute Gasteiger partial charge is 0.269 e. The molecule has 2 unspecified atom stereocenters. The molecular formula is C22H27N3O6S2. The van der Waals surface area contributed by atoms with Gasteiger partial charge >= 0.3 is 0 Å². The fourth-order valence-electron chi connectivity index (χ4n) is 3.86. The minimum Gasteiger partial charge on any atom is -0.267 e. The van der Waals surface area contributed by atoms with Crippen LogP contribution in [0.2, 0.25) is 0 Å². The molecule has 0 aromatic heterocycles. The summed E-state index contributed by atoms with van der Waals surface area (Å²) in [6, 6.07) is 10.9. The first kappa shape index (κ1) is 24.9. The fourth-order valence-corrected chi connectivity index (χ4v) is 6.22. The molecule has 0 spiro atoms. The van der Waals surface area contributed by atoms with Gasteiger partial charge < -0.3 is 0 Å². The van der Waals surface area contributed by atoms with Crippen LogP contribution in [-0.2, 0) is 19.9 Å². The number of sulfone groups is 1. The van der Waals surface area contributed by atoms with Crippen LogP contribution in [0.4, 0.5) is 0 Å². The molecule has 1 saturated heterocycles. The summed E-state index contributed by atoms with van der Waals surface area (Å²) in [6.45, 7) is 4.88. The molecule has 2 aromatic carbocycles. The van der Waals surface area contributed by atoms with E-state index in [4.69, 9.17) is 0 Å². The second kappa shape index (κ2) is 9.62. The summed E-state index contributed by atoms with van der Waals surface area (Å²) in [7, 11) is -7.15. The van der Waals surface area contributed by atoms with E-state index >= 15 is 0 Å². The van der Waals surface area contributed by atoms with E-state index in [9.17, 15) is 26.4 Å². The van der Waals surface area contributed by atoms with Crippen LogP contribution >= 0.6 is 0 Å². The zero-order valence-electron chi connectivity index (χ0n) is 18.6. The van der Waals surface area contributed by atoms with E-state index in [0.29, 0.717) is 13.1 Å². The average molecular weight is 494 g/mol. The summed E-state index contributed by atoms with van der Waals surface area (Å²) < 4.78 is 50.6. The minimum absolute atomic E-state index is 0.0131. The Bertz CT molecular complexity index is 1250. The van der Waals surface area contributed by atoms with Gasteiger partial charge in [-0.3, -0.25) is 20.4 Å². The summed E-state index contributed by atoms with van der Waals surface area (Å²) in [5.41, 5.74) is 4.71. The summed E-state index contributed by atoms with van der Waals surface area (Å²) >= 11 is 0. The Morgan fingerprint density at radius 2 is 1.36 bits per heavy atom. The van der Waals surface area contributed by atoms with Crippen LogP contribution in [0.5, 0.6) is 0 Å². The maximum atomic E-state index is 13.1. The van der Waals surface area contributed by atoms with E-state index in [-0.39, 0.29) is 32.8 Å². The zero-order valence-corrected chi connectivity index (χ0v) is 20.2. The van der Waals surface area contributed by atoms with Crippen LogP contribution in [0.15, 0.2) is 58.3 Å². The molecular weight excluding hydrogens is 466 g/mol. The van der Waals surface area contributed by atoms with Crippen molar-refractivity contribution >= 4 is 31.7 Å². The number of amides is 2. The highest BCUT2D eigenvalue weighted by atomic mass is 32.2. The Morgan fingerprint density at radius 1 is 0.818 bits per heavy atom. The highest BCUT2D eigenvalue weighted by Crippen LogP contribution is 2.27. The predicted octanol–water partition coefficient (Wildman–Crippen LogP) is 1.83. The molecule has 2 aromatic rings. The molecule has 1 aliphatic heterocycles. The van der Waals surface area contributed by atoms with Gasteiger partial charge in [0.1, 0.15) is 0 Å². The van der Waals surface area contributed by atoms with Crippen molar-refractivity contribution in [2.45, 2.75) is 30.1 Å². The molecule has 9 nitrogen and oxygen atoms in total. The van der Waals surface area contributed by atoms with E-state index in [1.807, 2.05) is 13.8 Å². The molecule has 0 aliphatic carbocycles. The maximum Gasteiger partial charge on any atom is 0.269 e. The molecule has 2 N–H and O–H groups in total. The van der Waals surface area contributed by atoms with Crippen LogP contribution in [0.3, 0.4) is 0 Å². The molecule has 178 valence electrons. The SMILES string of the molecule is CC1CC(C)CN(S(=O)(=O)c2cccc(C(=O)NNC(=O)c3ccc(S(C)(=O)=O)cc3)c2)C1. The summed E-state index contributed by atoms with van der Waals surface area (Å²) in [5.74, 6) is -0.842. The molecule has 2 atom stereocenters. The molecule has 11 heteroatoms. The molecule has 0 saturated carbocycles. The highest BCUT2D eigenvalue weighted by Gasteiger charge is 2.32. The summed E-state index contributed by atoms with van der Waals surface area (Å²) in [5, 5.41) is 0. The number of carbonyl (C=O) groups excluding carboxylic acids is 2. The third-order valence-corrected chi connectivity index (χ3v) is 8.36. The van der Waals surface area contributed by atoms with E-state index in [1.165, 1.54) is 52.8 Å². The van der Waals surface area contributed by atoms with Crippen LogP contribution in [0.25, 0.3) is 0 Å². The summed E-state index contributed by atoms with van der Waals surface area (Å²) in [4.78, 5) is 24.9. The standard InChI is InChI=1S/C22H27N3O6S2/c1-15-11-16(2)14-25(13-15)33(30,31)20-6-4-5-18(12-20)22(27)24-23-21(26)17-7-9-19(10-8-17)32(3,28)29/h4-10,12,15-16H,11,13-14H2,1-3H3,(H,23,26)(H,24,27). The topological polar surface area (TPSA) is 130 Å². The number of hydrogen-bond acceptors (Lipinski definition) is 6. The van der Waals surface area contributed by atoms with Crippen molar-refractivity contribution in [1.82, 2.24) is 15.2 Å². The Kier molecular flexibility index (Phi) is 7.25. The molecule has 2 amide bonds. The van der Waals surface area contributed by atoms with Gasteiger partial charge in [-0.25, -0.2) is 16.8 Å². The lowest BCUT2D eigenvalue weighted by molar-refractivity contribution is 0.0846. The van der Waals surface area contributed by atoms with Crippen molar-refractivity contribution in [3.63, 3.8) is 0 Å². The van der Waals surface area contributed by atoms with Crippen LogP contribution in [-0.4, -0.2) is 52.3 Å². The van der Waals surface area contributed by atoms with Gasteiger partial charge in [-0.2, -0.15) is 4.31 Å². The van der Waals surface area contributed by atoms with Crippen molar-refractivity contribution in [2.75, 3.05) is 19.3 Å². The number of sulfonamides is 1. The molecule has 1 aliphatic rings. The number of hydrazine groups is 1. The van der Waals surface area contributed by atoms with Crippen molar-refractivity contribution in [1.29, 1.82) is 0 Å². The van der Waals surface area contributed by atoms with E-state index < -0.39 is 31.7 Å². The Morgan fingerprint density at radius 3 is 1.91 bits per heavy atom. The lowest BCUT2D eigenvalue weighted by Gasteiger charge is -2.34. The average Bonchev–Trinajstić information content (AvgIpc) is 2.76. The van der Waals surface area contributed by atoms with Gasteiger partial charge in [-0.15, -0.1) is 0 Å². The third kappa shape index (κ3) is 5.98. The van der Waals surface area contributed by atoms with Gasteiger partial charge in [0, 0.05) is 30.5 Å². The van der Waals surface area contributed by atoms with Crippen molar-refractivity contribution in [2.24, 2.45) is 11.8 Å². The number of rotatable bonds is 5. The Labute approximate surface area is 194 Å². The quantitative estimate of drug-likeness (QED) is 0.612. The zero-order chi connectivity index (χ0) is 24.4. The third-order valence-electron chi connectivity index (χ3n) is 5.40. The number of carbonyl (C=O) groups is 2. The fraction of sp³-hybridized carbons (Fsp3) is 0.364. The number of hydrogen-bond donors (Lipinski definition) is 2. The first-order chi connectivity index (χ1) is 15.4. The molecule has 33 heavy (non-hydrogen) atoms. The van der Waals surface area contributed by atoms with Crippen LogP contribution in [0.1, 0.15) is 41.0 Å². The summed E-state index contributed by atoms with van der Waals surface area (Å²) in [6.07, 6.45) is 2.02. The van der Waals surface area contributed by atoms with E-state index in [1.54, 1.807) is 0 Å². The second-order valence-electron chi connectivity index (χ2n) is 8.50. The first-order valence-electron chi connectivity index (χ1n) is 10.4. The molecule has 3 rings (SSSR count). The smallest absolute Gasteiger partial charge is 0.267 e. The van der Waals surface area contributed by atoms with E-state index in [0.717, 1.165) is 12.7 Å². The minimum atomic E-state index is -3.76. The lowest BCUT2D eigenvalue weighted by atomic mass is 9.94. The van der Waals surface area contributed by atoms with Gasteiger partial charge in [-0.05, 0) is 60.7 Å². The van der Waals surface area contributed by atoms with Gasteiger partial charge in [-0.1, -0.05) is 19.9 Å². The predicted molar refractivity (Wildman–Crippen MR) is 123 cm³/mol. The number of piperidine rings is 1. The number of benzene rings is 2. The van der Waals surface area contributed by atoms with Crippen LogP contribution < -0.4 is 10.9 Å². The molecule has 1 heterocycles. The molecule has 0 bridgehead atoms. The van der Waals surface area contributed by atoms with Gasteiger partial charge in [0.05, 0.1) is 9.79 Å². The van der Waals surface area contributed by atoms with Crippen molar-refractivity contribution in [3.05, 3.63) is 59.7 Å². The van der Waals surface area contributed by atoms with Crippen molar-refractivity contribution < 1.29 is 26.4 Å². The van der Waals surface area contributed by atoms with Gasteiger partial charge in [0.2, 0.25) is 10.0 Å². The highest BCUT2D eigenvalue weighted by molar-refractivity contribution is 7.90. The van der Waals surface area contributed by atoms with Gasteiger partial charge in [0.15, 0.2) is 9.84 Å². The molecule has 1 fully saturated rings. The Balaban J connectivity index is 1.69. The lowest BCUT2D eigenvalue weighted by Crippen LogP contribution is -2.43. The normalized spacial score (nSPS) is 19.6. The van der Waals surface area contributed by atoms with E-state index in [2.05, 4.69) is 10.9 Å². The molecule has 0 radical (unpaired) electrons. The number of nitrogens with zero attached hydrogens (tertiary/aromatic N) is 1.